The Balaban J connectivity index is 4.58. The zero-order valence-corrected chi connectivity index (χ0v) is 62.0. The van der Waals surface area contributed by atoms with E-state index in [1.807, 2.05) is 41.5 Å². The van der Waals surface area contributed by atoms with Crippen molar-refractivity contribution in [3.8, 4) is 0 Å². The van der Waals surface area contributed by atoms with E-state index in [0.717, 1.165) is 26.5 Å². The Morgan fingerprint density at radius 1 is 0.543 bits per heavy atom. The van der Waals surface area contributed by atoms with Gasteiger partial charge < -0.3 is 70.5 Å². The first-order valence-electron chi connectivity index (χ1n) is 33.1. The normalized spacial score (nSPS) is 26.3. The van der Waals surface area contributed by atoms with Crippen molar-refractivity contribution in [3.63, 3.8) is 0 Å². The van der Waals surface area contributed by atoms with Gasteiger partial charge in [-0.3, -0.25) is 57.5 Å². The SMILES string of the molecule is C/C=C/C[C@@H](C)[C@@H](O)[C@H]1C(=O)N[C@@H](CC)C(=O)N(C)[C@@H](CSCCC(=O)OC)C(=O)N(C)[C@@H](CC(C)(C)O)C(=O)N[C@@H](C(C)C)C(=O)N(C)[C@@H](CC(C)C)C(=O)N[C@@H](C)C(=O)N[C@H](C)C(=O)N(C)[C@@H](CC(C)C)C(=O)N(C)[C@@H](CC(C)C)C(=O)N(C)[C@@H](C(C)C)C(=O)N1C. The second kappa shape index (κ2) is 39.0. The number of likely N-dealkylation sites (N-methyl/N-ethyl adjacent to an activating group) is 7. The van der Waals surface area contributed by atoms with E-state index in [9.17, 15) is 39.0 Å². The number of nitrogens with one attached hydrogen (secondary N) is 4. The van der Waals surface area contributed by atoms with Crippen LogP contribution in [0, 0.1) is 35.5 Å². The number of aliphatic hydroxyl groups excluding tert-OH is 1. The third kappa shape index (κ3) is 24.7. The van der Waals surface area contributed by atoms with Gasteiger partial charge >= 0.3 is 5.97 Å². The molecule has 0 aromatic rings. The fourth-order valence-electron chi connectivity index (χ4n) is 11.4. The summed E-state index contributed by atoms with van der Waals surface area (Å²) in [7, 11) is 10.8. The molecule has 26 nitrogen and oxygen atoms in total. The smallest absolute Gasteiger partial charge is 0.306 e. The van der Waals surface area contributed by atoms with Crippen molar-refractivity contribution in [3.05, 3.63) is 12.2 Å². The van der Waals surface area contributed by atoms with Crippen LogP contribution in [0.25, 0.3) is 0 Å². The van der Waals surface area contributed by atoms with Crippen LogP contribution in [-0.4, -0.2) is 262 Å². The first kappa shape index (κ1) is 85.7. The van der Waals surface area contributed by atoms with Gasteiger partial charge in [-0.25, -0.2) is 0 Å². The number of rotatable bonds is 20. The van der Waals surface area contributed by atoms with Gasteiger partial charge in [0.1, 0.15) is 66.5 Å². The van der Waals surface area contributed by atoms with Crippen molar-refractivity contribution in [2.45, 2.75) is 241 Å². The van der Waals surface area contributed by atoms with Gasteiger partial charge in [0.15, 0.2) is 0 Å². The fraction of sp³-hybridized carbons (Fsp3) is 0.791. The molecule has 94 heavy (non-hydrogen) atoms. The number of methoxy groups -OCH3 is 1. The van der Waals surface area contributed by atoms with Crippen LogP contribution < -0.4 is 21.3 Å². The van der Waals surface area contributed by atoms with Crippen LogP contribution in [0.1, 0.15) is 163 Å². The number of hydrogen-bond acceptors (Lipinski definition) is 16. The molecule has 0 spiro atoms. The second-order valence-electron chi connectivity index (χ2n) is 28.1. The molecule has 1 aliphatic heterocycles. The number of hydrogen-bond donors (Lipinski definition) is 6. The lowest BCUT2D eigenvalue weighted by Crippen LogP contribution is -2.64. The third-order valence-corrected chi connectivity index (χ3v) is 18.4. The van der Waals surface area contributed by atoms with Gasteiger partial charge in [0.25, 0.3) is 0 Å². The Morgan fingerprint density at radius 3 is 1.45 bits per heavy atom. The van der Waals surface area contributed by atoms with E-state index in [1.165, 1.54) is 104 Å². The van der Waals surface area contributed by atoms with Crippen LogP contribution in [0.3, 0.4) is 0 Å². The maximum Gasteiger partial charge on any atom is 0.306 e. The van der Waals surface area contributed by atoms with E-state index >= 15 is 28.8 Å². The summed E-state index contributed by atoms with van der Waals surface area (Å²) in [6.45, 7) is 28.6. The second-order valence-corrected chi connectivity index (χ2v) is 29.2. The molecule has 27 heteroatoms. The first-order chi connectivity index (χ1) is 43.4. The van der Waals surface area contributed by atoms with Gasteiger partial charge in [-0.05, 0) is 102 Å². The molecular weight excluding hydrogens is 1230 g/mol. The average molecular weight is 1350 g/mol. The lowest BCUT2D eigenvalue weighted by molar-refractivity contribution is -0.157. The van der Waals surface area contributed by atoms with Gasteiger partial charge in [0, 0.05) is 67.3 Å². The molecule has 0 unspecified atom stereocenters. The maximum absolute atomic E-state index is 15.3. The van der Waals surface area contributed by atoms with Crippen LogP contribution in [0.5, 0.6) is 0 Å². The van der Waals surface area contributed by atoms with Crippen LogP contribution >= 0.6 is 11.8 Å². The van der Waals surface area contributed by atoms with E-state index in [4.69, 9.17) is 4.74 Å². The molecule has 1 heterocycles. The summed E-state index contributed by atoms with van der Waals surface area (Å²) in [6.07, 6.45) is 2.03. The minimum absolute atomic E-state index is 0.0720. The van der Waals surface area contributed by atoms with E-state index in [0.29, 0.717) is 0 Å². The highest BCUT2D eigenvalue weighted by atomic mass is 32.2. The number of allylic oxidation sites excluding steroid dienone is 2. The molecule has 11 amide bonds. The number of nitrogens with zero attached hydrogens (tertiary/aromatic N) is 7. The van der Waals surface area contributed by atoms with Crippen molar-refractivity contribution in [1.82, 2.24) is 55.6 Å². The standard InChI is InChI=1S/C67H119N11O15S/c1-26-28-29-42(13)55(80)54-59(84)70-45(27-2)61(86)76(22)50(36-94-31-30-51(79)93-25)64(89)75(21)49(35-67(16,17)92)58(83)71-52(40(9)10)65(90)72(18)46(32-37(3)4)57(82)68-43(14)56(81)69-44(15)60(85)73(19)47(33-38(5)6)62(87)74(20)48(34-39(7)8)63(88)77(23)53(41(11)12)66(91)78(54)24/h26,28,37-50,52-55,80,92H,27,29-36H2,1-25H3,(H,68,82)(H,69,81)(H,70,84)(H,71,83)/b28-26+/t42-,43+,44-,45+,46+,47+,48+,49+,50+,52+,53+,54+,55-/m1/s1. The largest absolute Gasteiger partial charge is 0.469 e. The lowest BCUT2D eigenvalue weighted by atomic mass is 9.91. The Bertz CT molecular complexity index is 2610. The number of ether oxygens (including phenoxy) is 1. The first-order valence-corrected chi connectivity index (χ1v) is 34.3. The minimum atomic E-state index is -1.70. The molecule has 0 aliphatic carbocycles. The molecule has 1 fully saturated rings. The van der Waals surface area contributed by atoms with Gasteiger partial charge in [0.2, 0.25) is 65.0 Å². The zero-order chi connectivity index (χ0) is 72.9. The Labute approximate surface area is 564 Å². The van der Waals surface area contributed by atoms with E-state index in [1.54, 1.807) is 60.6 Å². The van der Waals surface area contributed by atoms with E-state index < -0.39 is 173 Å². The molecule has 0 aromatic heterocycles. The number of aliphatic hydroxyl groups is 2. The predicted octanol–water partition coefficient (Wildman–Crippen LogP) is 3.05. The third-order valence-electron chi connectivity index (χ3n) is 17.3. The monoisotopic (exact) mass is 1350 g/mol. The van der Waals surface area contributed by atoms with Gasteiger partial charge in [-0.15, -0.1) is 0 Å². The highest BCUT2D eigenvalue weighted by Crippen LogP contribution is 2.27. The van der Waals surface area contributed by atoms with Crippen LogP contribution in [-0.2, 0) is 62.3 Å². The van der Waals surface area contributed by atoms with Crippen LogP contribution in [0.15, 0.2) is 12.2 Å². The lowest BCUT2D eigenvalue weighted by Gasteiger charge is -2.41. The topological polar surface area (TPSA) is 325 Å². The Kier molecular flexibility index (Phi) is 35.5. The number of thioether (sulfide) groups is 1. The predicted molar refractivity (Wildman–Crippen MR) is 363 cm³/mol. The van der Waals surface area contributed by atoms with E-state index in [2.05, 4.69) is 21.3 Å². The van der Waals surface area contributed by atoms with Gasteiger partial charge in [0.05, 0.1) is 25.2 Å². The summed E-state index contributed by atoms with van der Waals surface area (Å²) in [5.74, 6) is -11.4. The van der Waals surface area contributed by atoms with Crippen molar-refractivity contribution >= 4 is 82.7 Å². The van der Waals surface area contributed by atoms with Crippen LogP contribution in [0.2, 0.25) is 0 Å². The molecule has 0 aromatic carbocycles. The zero-order valence-electron chi connectivity index (χ0n) is 61.2. The maximum atomic E-state index is 15.3. The summed E-state index contributed by atoms with van der Waals surface area (Å²) in [4.78, 5) is 184. The van der Waals surface area contributed by atoms with Gasteiger partial charge in [-0.2, -0.15) is 11.8 Å². The molecule has 0 radical (unpaired) electrons. The quantitative estimate of drug-likeness (QED) is 0.0580. The summed E-state index contributed by atoms with van der Waals surface area (Å²) in [5, 5.41) is 34.5. The van der Waals surface area contributed by atoms with Crippen LogP contribution in [0.4, 0.5) is 0 Å². The molecule has 1 rings (SSSR count). The molecule has 1 aliphatic rings. The fourth-order valence-corrected chi connectivity index (χ4v) is 12.5. The van der Waals surface area contributed by atoms with Crippen molar-refractivity contribution in [1.29, 1.82) is 0 Å². The summed E-state index contributed by atoms with van der Waals surface area (Å²) in [6, 6.07) is -14.8. The molecule has 13 atom stereocenters. The summed E-state index contributed by atoms with van der Waals surface area (Å²) < 4.78 is 4.83. The Hall–Kier alpha value is -6.35. The Morgan fingerprint density at radius 2 is 0.979 bits per heavy atom. The van der Waals surface area contributed by atoms with Crippen molar-refractivity contribution in [2.75, 3.05) is 67.9 Å². The van der Waals surface area contributed by atoms with Crippen molar-refractivity contribution < 1.29 is 72.5 Å². The highest BCUT2D eigenvalue weighted by Gasteiger charge is 2.47. The van der Waals surface area contributed by atoms with Gasteiger partial charge in [-0.1, -0.05) is 95.2 Å². The number of esters is 1. The molecule has 0 saturated carbocycles. The molecule has 1 saturated heterocycles. The van der Waals surface area contributed by atoms with E-state index in [-0.39, 0.29) is 67.8 Å². The van der Waals surface area contributed by atoms with Crippen molar-refractivity contribution in [2.24, 2.45) is 35.5 Å². The average Bonchev–Trinajstić information content (AvgIpc) is 0.830. The molecular formula is C67H119N11O15S. The minimum Gasteiger partial charge on any atom is -0.469 e. The molecule has 6 N–H and O–H groups in total. The summed E-state index contributed by atoms with van der Waals surface area (Å²) >= 11 is 1.12. The summed E-state index contributed by atoms with van der Waals surface area (Å²) in [5.41, 5.74) is -1.63. The molecule has 0 bridgehead atoms. The number of amides is 11. The highest BCUT2D eigenvalue weighted by molar-refractivity contribution is 7.99. The number of carbonyl (C=O) groups is 12. The molecule has 538 valence electrons. The number of carbonyl (C=O) groups excluding carboxylic acids is 12.